The van der Waals surface area contributed by atoms with Crippen molar-refractivity contribution in [3.8, 4) is 5.75 Å². The summed E-state index contributed by atoms with van der Waals surface area (Å²) in [4.78, 5) is 22.3. The van der Waals surface area contributed by atoms with Crippen LogP contribution in [0.3, 0.4) is 0 Å². The van der Waals surface area contributed by atoms with Crippen molar-refractivity contribution in [3.63, 3.8) is 0 Å². The Labute approximate surface area is 93.2 Å². The van der Waals surface area contributed by atoms with Crippen molar-refractivity contribution >= 4 is 11.8 Å². The summed E-state index contributed by atoms with van der Waals surface area (Å²) < 4.78 is 10.2. The molecule has 1 atom stereocenters. The summed E-state index contributed by atoms with van der Waals surface area (Å²) in [6, 6.07) is 6.79. The highest BCUT2D eigenvalue weighted by Gasteiger charge is 2.28. The number of benzene rings is 1. The summed E-state index contributed by atoms with van der Waals surface area (Å²) in [5.74, 6) is 0.157. The maximum Gasteiger partial charge on any atom is 0.347 e. The highest BCUT2D eigenvalue weighted by Crippen LogP contribution is 2.19. The Morgan fingerprint density at radius 1 is 1.50 bits per heavy atom. The molecule has 0 spiro atoms. The molecular weight excluding hydrogens is 208 g/mol. The molecule has 1 fully saturated rings. The van der Waals surface area contributed by atoms with Gasteiger partial charge in [0, 0.05) is 12.0 Å². The molecule has 0 N–H and O–H groups in total. The first-order valence-electron chi connectivity index (χ1n) is 5.11. The second-order valence-corrected chi connectivity index (χ2v) is 3.65. The Kier molecular flexibility index (Phi) is 2.90. The highest BCUT2D eigenvalue weighted by atomic mass is 16.6. The highest BCUT2D eigenvalue weighted by molar-refractivity contribution is 5.94. The largest absolute Gasteiger partial charge is 0.479 e. The molecule has 1 aromatic rings. The van der Waals surface area contributed by atoms with E-state index >= 15 is 0 Å². The molecule has 0 aliphatic carbocycles. The van der Waals surface area contributed by atoms with E-state index in [1.807, 2.05) is 0 Å². The van der Waals surface area contributed by atoms with Crippen LogP contribution in [0.1, 0.15) is 23.7 Å². The Balaban J connectivity index is 2.12. The predicted molar refractivity (Wildman–Crippen MR) is 56.4 cm³/mol. The number of carbonyl (C=O) groups is 2. The van der Waals surface area contributed by atoms with Crippen molar-refractivity contribution < 1.29 is 19.1 Å². The third kappa shape index (κ3) is 2.21. The average Bonchev–Trinajstić information content (AvgIpc) is 2.65. The van der Waals surface area contributed by atoms with E-state index in [0.29, 0.717) is 24.3 Å². The SMILES string of the molecule is CC(=O)c1cccc(OC2CCOC2=O)c1. The van der Waals surface area contributed by atoms with Crippen LogP contribution in [0.15, 0.2) is 24.3 Å². The molecule has 1 aromatic carbocycles. The van der Waals surface area contributed by atoms with Gasteiger partial charge in [-0.25, -0.2) is 4.79 Å². The van der Waals surface area contributed by atoms with Gasteiger partial charge in [-0.05, 0) is 19.1 Å². The van der Waals surface area contributed by atoms with Crippen molar-refractivity contribution in [2.75, 3.05) is 6.61 Å². The van der Waals surface area contributed by atoms with Gasteiger partial charge in [0.05, 0.1) is 6.61 Å². The zero-order valence-electron chi connectivity index (χ0n) is 8.93. The molecule has 2 rings (SSSR count). The molecule has 1 aliphatic rings. The first kappa shape index (κ1) is 10.7. The predicted octanol–water partition coefficient (Wildman–Crippen LogP) is 1.58. The lowest BCUT2D eigenvalue weighted by Crippen LogP contribution is -2.21. The van der Waals surface area contributed by atoms with Crippen LogP contribution in [0.2, 0.25) is 0 Å². The summed E-state index contributed by atoms with van der Waals surface area (Å²) in [5, 5.41) is 0. The number of ketones is 1. The van der Waals surface area contributed by atoms with Crippen LogP contribution < -0.4 is 4.74 Å². The minimum absolute atomic E-state index is 0.0283. The lowest BCUT2D eigenvalue weighted by atomic mass is 10.1. The van der Waals surface area contributed by atoms with Gasteiger partial charge >= 0.3 is 5.97 Å². The lowest BCUT2D eigenvalue weighted by molar-refractivity contribution is -0.143. The summed E-state index contributed by atoms with van der Waals surface area (Å²) >= 11 is 0. The fourth-order valence-electron chi connectivity index (χ4n) is 1.54. The molecule has 0 aromatic heterocycles. The summed E-state index contributed by atoms with van der Waals surface area (Å²) in [5.41, 5.74) is 0.573. The first-order valence-corrected chi connectivity index (χ1v) is 5.11. The maximum absolute atomic E-state index is 11.2. The van der Waals surface area contributed by atoms with Gasteiger partial charge in [0.15, 0.2) is 11.9 Å². The van der Waals surface area contributed by atoms with Crippen molar-refractivity contribution in [2.45, 2.75) is 19.4 Å². The number of hydrogen-bond donors (Lipinski definition) is 0. The molecule has 0 radical (unpaired) electrons. The number of hydrogen-bond acceptors (Lipinski definition) is 4. The number of cyclic esters (lactones) is 1. The van der Waals surface area contributed by atoms with Gasteiger partial charge in [-0.2, -0.15) is 0 Å². The van der Waals surface area contributed by atoms with E-state index in [-0.39, 0.29) is 11.8 Å². The van der Waals surface area contributed by atoms with Gasteiger partial charge in [0.1, 0.15) is 5.75 Å². The molecule has 0 saturated carbocycles. The standard InChI is InChI=1S/C12H12O4/c1-8(13)9-3-2-4-10(7-9)16-11-5-6-15-12(11)14/h2-4,7,11H,5-6H2,1H3. The van der Waals surface area contributed by atoms with Gasteiger partial charge in [-0.1, -0.05) is 12.1 Å². The fourth-order valence-corrected chi connectivity index (χ4v) is 1.54. The molecule has 1 aliphatic heterocycles. The van der Waals surface area contributed by atoms with Crippen molar-refractivity contribution in [1.82, 2.24) is 0 Å². The number of carbonyl (C=O) groups excluding carboxylic acids is 2. The van der Waals surface area contributed by atoms with Gasteiger partial charge in [-0.15, -0.1) is 0 Å². The summed E-state index contributed by atoms with van der Waals surface area (Å²) in [6.07, 6.45) is 0.0190. The molecule has 4 heteroatoms. The molecular formula is C12H12O4. The van der Waals surface area contributed by atoms with Crippen LogP contribution in [0.25, 0.3) is 0 Å². The van der Waals surface area contributed by atoms with Crippen molar-refractivity contribution in [3.05, 3.63) is 29.8 Å². The van der Waals surface area contributed by atoms with E-state index in [9.17, 15) is 9.59 Å². The van der Waals surface area contributed by atoms with E-state index in [1.165, 1.54) is 6.92 Å². The van der Waals surface area contributed by atoms with Gasteiger partial charge in [-0.3, -0.25) is 4.79 Å². The molecule has 4 nitrogen and oxygen atoms in total. The van der Waals surface area contributed by atoms with Crippen LogP contribution >= 0.6 is 0 Å². The zero-order valence-corrected chi connectivity index (χ0v) is 8.93. The molecule has 1 unspecified atom stereocenters. The third-order valence-corrected chi connectivity index (χ3v) is 2.41. The summed E-state index contributed by atoms with van der Waals surface area (Å²) in [7, 11) is 0. The third-order valence-electron chi connectivity index (χ3n) is 2.41. The average molecular weight is 220 g/mol. The normalized spacial score (nSPS) is 19.3. The first-order chi connectivity index (χ1) is 7.66. The number of rotatable bonds is 3. The molecule has 0 amide bonds. The topological polar surface area (TPSA) is 52.6 Å². The molecule has 84 valence electrons. The Morgan fingerprint density at radius 3 is 2.94 bits per heavy atom. The monoisotopic (exact) mass is 220 g/mol. The van der Waals surface area contributed by atoms with E-state index in [1.54, 1.807) is 24.3 Å². The second kappa shape index (κ2) is 4.35. The Bertz CT molecular complexity index is 425. The van der Waals surface area contributed by atoms with E-state index < -0.39 is 6.10 Å². The van der Waals surface area contributed by atoms with E-state index in [4.69, 9.17) is 9.47 Å². The molecule has 0 bridgehead atoms. The van der Waals surface area contributed by atoms with Crippen LogP contribution in [0, 0.1) is 0 Å². The van der Waals surface area contributed by atoms with Crippen LogP contribution in [0.5, 0.6) is 5.75 Å². The van der Waals surface area contributed by atoms with E-state index in [0.717, 1.165) is 0 Å². The quantitative estimate of drug-likeness (QED) is 0.573. The van der Waals surface area contributed by atoms with Crippen molar-refractivity contribution in [2.24, 2.45) is 0 Å². The zero-order chi connectivity index (χ0) is 11.5. The van der Waals surface area contributed by atoms with Crippen LogP contribution in [0.4, 0.5) is 0 Å². The van der Waals surface area contributed by atoms with E-state index in [2.05, 4.69) is 0 Å². The Morgan fingerprint density at radius 2 is 2.31 bits per heavy atom. The number of Topliss-reactive ketones (excluding diaryl/α,β-unsaturated/α-hetero) is 1. The van der Waals surface area contributed by atoms with Gasteiger partial charge in [0.25, 0.3) is 0 Å². The molecule has 1 heterocycles. The van der Waals surface area contributed by atoms with Crippen LogP contribution in [-0.4, -0.2) is 24.5 Å². The van der Waals surface area contributed by atoms with Gasteiger partial charge < -0.3 is 9.47 Å². The molecule has 16 heavy (non-hydrogen) atoms. The second-order valence-electron chi connectivity index (χ2n) is 3.65. The smallest absolute Gasteiger partial charge is 0.347 e. The number of esters is 1. The van der Waals surface area contributed by atoms with Gasteiger partial charge in [0.2, 0.25) is 0 Å². The lowest BCUT2D eigenvalue weighted by Gasteiger charge is -2.10. The van der Waals surface area contributed by atoms with Crippen molar-refractivity contribution in [1.29, 1.82) is 0 Å². The minimum Gasteiger partial charge on any atom is -0.479 e. The maximum atomic E-state index is 11.2. The van der Waals surface area contributed by atoms with Crippen LogP contribution in [-0.2, 0) is 9.53 Å². The number of ether oxygens (including phenoxy) is 2. The molecule has 1 saturated heterocycles. The Hall–Kier alpha value is -1.84. The fraction of sp³-hybridized carbons (Fsp3) is 0.333. The summed E-state index contributed by atoms with van der Waals surface area (Å²) in [6.45, 7) is 1.89. The minimum atomic E-state index is -0.540.